The summed E-state index contributed by atoms with van der Waals surface area (Å²) in [5.41, 5.74) is 0. The van der Waals surface area contributed by atoms with Crippen molar-refractivity contribution in [3.8, 4) is 0 Å². The Kier molecular flexibility index (Phi) is 1.02. The van der Waals surface area contributed by atoms with E-state index in [4.69, 9.17) is 0 Å². The van der Waals surface area contributed by atoms with E-state index in [0.29, 0.717) is 0 Å². The molecule has 0 amide bonds. The van der Waals surface area contributed by atoms with Gasteiger partial charge in [-0.25, -0.2) is 0 Å². The quantitative estimate of drug-likeness (QED) is 0.150. The molecule has 2 nitrogen and oxygen atoms in total. The fraction of sp³-hybridized carbons (Fsp3) is 0.909. The van der Waals surface area contributed by atoms with Crippen molar-refractivity contribution in [2.24, 2.45) is 0 Å². The van der Waals surface area contributed by atoms with Crippen molar-refractivity contribution >= 4 is 43.4 Å². The van der Waals surface area contributed by atoms with Crippen LogP contribution < -0.4 is 0 Å². The first-order chi connectivity index (χ1) is 12.9. The zero-order chi connectivity index (χ0) is 18.2. The molecule has 0 aromatic carbocycles. The van der Waals surface area contributed by atoms with Crippen LogP contribution in [-0.2, 0) is 16.1 Å². The summed E-state index contributed by atoms with van der Waals surface area (Å²) in [5.74, 6) is 1.46. The van der Waals surface area contributed by atoms with Crippen molar-refractivity contribution in [2.75, 3.05) is 10.7 Å². The van der Waals surface area contributed by atoms with E-state index in [1.54, 1.807) is 0 Å². The number of unbranched alkanes of at least 4 members (excludes halogenated alkanes) is 4. The second-order valence-electron chi connectivity index (χ2n) is 13.6. The molecule has 5 heteroatoms. The molecule has 10 saturated heterocycles. The molecule has 0 saturated carbocycles. The summed E-state index contributed by atoms with van der Waals surface area (Å²) in [6.07, 6.45) is 8.71. The van der Waals surface area contributed by atoms with Crippen LogP contribution in [0.4, 0.5) is 0 Å². The summed E-state index contributed by atoms with van der Waals surface area (Å²) in [5, 5.41) is 2.13. The van der Waals surface area contributed by atoms with E-state index in [2.05, 4.69) is 31.9 Å². The van der Waals surface area contributed by atoms with Crippen LogP contribution in [0.5, 0.6) is 0 Å². The van der Waals surface area contributed by atoms with Gasteiger partial charge in [-0.3, -0.25) is 0 Å². The van der Waals surface area contributed by atoms with Crippen LogP contribution in [0, 0.1) is 0 Å². The van der Waals surface area contributed by atoms with Crippen LogP contribution in [-0.4, -0.2) is 22.2 Å². The summed E-state index contributed by atoms with van der Waals surface area (Å²) in [6, 6.07) is 0. The topological polar surface area (TPSA) is 34.1 Å². The monoisotopic (exact) mass is 538 g/mol. The van der Waals surface area contributed by atoms with Gasteiger partial charge in [0, 0.05) is 0 Å². The first-order valence-electron chi connectivity index (χ1n) is 11.3. The molecule has 0 aromatic heterocycles. The molecule has 8 unspecified atom stereocenters. The molecule has 10 rings (SSSR count). The van der Waals surface area contributed by atoms with Crippen molar-refractivity contribution < 1.29 is 16.1 Å². The zero-order valence-electron chi connectivity index (χ0n) is 15.6. The van der Waals surface area contributed by atoms with Crippen LogP contribution in [0.15, 0.2) is 0 Å². The van der Waals surface area contributed by atoms with Gasteiger partial charge in [0.2, 0.25) is 0 Å². The Hall–Kier alpha value is 0.819. The van der Waals surface area contributed by atoms with Crippen molar-refractivity contribution in [1.82, 2.24) is 0 Å². The molecule has 0 aromatic rings. The molecule has 10 fully saturated rings. The third-order valence-corrected chi connectivity index (χ3v) is 61.6. The summed E-state index contributed by atoms with van der Waals surface area (Å²) in [6.45, 7) is -3.84. The summed E-state index contributed by atoms with van der Waals surface area (Å²) < 4.78 is 0.517. The molecule has 10 aliphatic heterocycles. The number of halogens is 2. The summed E-state index contributed by atoms with van der Waals surface area (Å²) in [7, 11) is 0. The van der Waals surface area contributed by atoms with Crippen LogP contribution in [0.1, 0.15) is 51.4 Å². The first-order valence-corrected chi connectivity index (χ1v) is 19.7. The number of fused-ring (bicyclic) bond motifs is 10. The Bertz CT molecular complexity index is 1160. The van der Waals surface area contributed by atoms with Crippen LogP contribution in [0.3, 0.4) is 0 Å². The molecule has 0 bridgehead atoms. The zero-order valence-corrected chi connectivity index (χ0v) is 19.9. The molecular formula is C22H28Br2FeO2. The van der Waals surface area contributed by atoms with Gasteiger partial charge in [0.05, 0.1) is 0 Å². The van der Waals surface area contributed by atoms with Gasteiger partial charge in [0.25, 0.3) is 0 Å². The van der Waals surface area contributed by atoms with Crippen LogP contribution in [0.25, 0.3) is 0 Å². The number of hydrogen-bond acceptors (Lipinski definition) is 2. The number of hydrogen-bond donors (Lipinski definition) is 0. The number of Topliss-reactive ketones (excluding diaryl/α,β-unsaturated/α-hetero) is 2. The van der Waals surface area contributed by atoms with E-state index in [1.807, 2.05) is 0 Å². The van der Waals surface area contributed by atoms with Gasteiger partial charge in [-0.2, -0.15) is 0 Å². The van der Waals surface area contributed by atoms with E-state index in [9.17, 15) is 9.59 Å². The third-order valence-electron chi connectivity index (χ3n) is 17.7. The van der Waals surface area contributed by atoms with E-state index >= 15 is 0 Å². The van der Waals surface area contributed by atoms with Gasteiger partial charge in [0.15, 0.2) is 0 Å². The van der Waals surface area contributed by atoms with E-state index in [-0.39, 0.29) is 8.63 Å². The van der Waals surface area contributed by atoms with Gasteiger partial charge in [0.1, 0.15) is 0 Å². The number of rotatable bonds is 12. The molecule has 27 heavy (non-hydrogen) atoms. The molecule has 0 N–H and O–H groups in total. The van der Waals surface area contributed by atoms with E-state index < -0.39 is 6.51 Å². The normalized spacial score (nSPS) is 82.0. The summed E-state index contributed by atoms with van der Waals surface area (Å²) in [4.78, 5) is 35.3. The minimum absolute atomic E-state index is 0.258. The van der Waals surface area contributed by atoms with Crippen LogP contribution >= 0.6 is 31.9 Å². The molecule has 0 aliphatic carbocycles. The Morgan fingerprint density at radius 3 is 1.30 bits per heavy atom. The predicted octanol–water partition coefficient (Wildman–Crippen LogP) is 7.16. The second-order valence-corrected chi connectivity index (χ2v) is 38.4. The average Bonchev–Trinajstić information content (AvgIpc) is 3.61. The molecule has 1 spiro atoms. The molecule has 150 valence electrons. The van der Waals surface area contributed by atoms with E-state index in [1.165, 1.54) is 25.7 Å². The fourth-order valence-corrected chi connectivity index (χ4v) is 96.4. The van der Waals surface area contributed by atoms with Crippen LogP contribution in [0.2, 0.25) is 47.2 Å². The predicted molar refractivity (Wildman–Crippen MR) is 110 cm³/mol. The fourth-order valence-electron chi connectivity index (χ4n) is 19.6. The second kappa shape index (κ2) is 1.87. The molecule has 0 radical (unpaired) electrons. The maximum absolute atomic E-state index is 13.7. The van der Waals surface area contributed by atoms with Crippen molar-refractivity contribution in [3.05, 3.63) is 0 Å². The SMILES string of the molecule is O=C(CCCCCBr)[C]12[CH]3[CH]4[CH]5[CH]1[Fe]45321678[CH]2[CH]1[CH]6[C]7(C(=O)CCCCCBr)[CH]28. The molecule has 8 atom stereocenters. The maximum atomic E-state index is 13.7. The van der Waals surface area contributed by atoms with Gasteiger partial charge in [-0.1, -0.05) is 0 Å². The molecule has 10 heterocycles. The Morgan fingerprint density at radius 1 is 0.630 bits per heavy atom. The molecule has 10 aliphatic rings. The van der Waals surface area contributed by atoms with Crippen molar-refractivity contribution in [2.45, 2.75) is 98.5 Å². The first kappa shape index (κ1) is 14.8. The number of carbonyl (C=O) groups excluding carboxylic acids is 2. The third kappa shape index (κ3) is 0.263. The van der Waals surface area contributed by atoms with Gasteiger partial charge in [-0.05, 0) is 0 Å². The average molecular weight is 540 g/mol. The van der Waals surface area contributed by atoms with Gasteiger partial charge < -0.3 is 0 Å². The number of alkyl halides is 2. The molecular weight excluding hydrogens is 512 g/mol. The van der Waals surface area contributed by atoms with Gasteiger partial charge in [-0.15, -0.1) is 0 Å². The Morgan fingerprint density at radius 2 is 1.00 bits per heavy atom. The minimum atomic E-state index is -3.84. The van der Waals surface area contributed by atoms with E-state index in [0.717, 1.165) is 86.4 Å². The Labute approximate surface area is 167 Å². The van der Waals surface area contributed by atoms with Crippen molar-refractivity contribution in [1.29, 1.82) is 0 Å². The standard InChI is InChI=1S/2C11H14BrO.Fe/c2*12-9-5-1-2-8-11(13)10-6-3-4-7-10;/h2*3-4,6-7H,1-2,5,8-9H2;. The van der Waals surface area contributed by atoms with Crippen molar-refractivity contribution in [3.63, 3.8) is 0 Å². The Balaban J connectivity index is 1.07. The number of carbonyl (C=O) groups is 2. The summed E-state index contributed by atoms with van der Waals surface area (Å²) >= 11 is 7.04. The number of ketones is 2. The van der Waals surface area contributed by atoms with Gasteiger partial charge >= 0.3 is 169 Å².